The van der Waals surface area contributed by atoms with Gasteiger partial charge in [0.05, 0.1) is 0 Å². The molecule has 0 radical (unpaired) electrons. The zero-order valence-corrected chi connectivity index (χ0v) is 6.43. The first-order chi connectivity index (χ1) is 4.86. The lowest BCUT2D eigenvalue weighted by Gasteiger charge is -2.19. The van der Waals surface area contributed by atoms with Crippen molar-refractivity contribution in [2.24, 2.45) is 0 Å². The summed E-state index contributed by atoms with van der Waals surface area (Å²) in [6.45, 7) is 0. The molecule has 2 fully saturated rings. The van der Waals surface area contributed by atoms with Gasteiger partial charge < -0.3 is 0 Å². The lowest BCUT2D eigenvalue weighted by Crippen LogP contribution is -2.25. The highest BCUT2D eigenvalue weighted by Crippen LogP contribution is 2.30. The van der Waals surface area contributed by atoms with Crippen LogP contribution >= 0.6 is 0 Å². The molecule has 1 aliphatic heterocycles. The summed E-state index contributed by atoms with van der Waals surface area (Å²) in [6, 6.07) is 0. The predicted molar refractivity (Wildman–Crippen MR) is 36.4 cm³/mol. The van der Waals surface area contributed by atoms with Gasteiger partial charge in [-0.15, -0.1) is 0 Å². The van der Waals surface area contributed by atoms with Gasteiger partial charge in [-0.3, -0.25) is 8.37 Å². The highest BCUT2D eigenvalue weighted by molar-refractivity contribution is 7.75. The van der Waals surface area contributed by atoms with Gasteiger partial charge in [-0.1, -0.05) is 12.8 Å². The highest BCUT2D eigenvalue weighted by atomic mass is 32.2. The summed E-state index contributed by atoms with van der Waals surface area (Å²) in [4.78, 5) is 0. The molecule has 2 atom stereocenters. The Morgan fingerprint density at radius 3 is 2.10 bits per heavy atom. The van der Waals surface area contributed by atoms with Crippen molar-refractivity contribution < 1.29 is 12.6 Å². The third-order valence-electron chi connectivity index (χ3n) is 2.05. The maximum absolute atomic E-state index is 10.7. The van der Waals surface area contributed by atoms with Gasteiger partial charge in [0.25, 0.3) is 0 Å². The van der Waals surface area contributed by atoms with Gasteiger partial charge in [0.15, 0.2) is 0 Å². The standard InChI is InChI=1S/C6H10O3S/c7-10-8-5-3-1-2-4-6(5)9-10/h5-6H,1-4H2/t5-,6-/m0/s1. The molecule has 2 aliphatic rings. The summed E-state index contributed by atoms with van der Waals surface area (Å²) in [5.41, 5.74) is 0. The van der Waals surface area contributed by atoms with E-state index in [1.165, 1.54) is 12.8 Å². The Balaban J connectivity index is 2.04. The van der Waals surface area contributed by atoms with Crippen molar-refractivity contribution in [3.05, 3.63) is 0 Å². The van der Waals surface area contributed by atoms with Gasteiger partial charge in [0, 0.05) is 0 Å². The molecule has 0 aromatic carbocycles. The van der Waals surface area contributed by atoms with Gasteiger partial charge in [-0.25, -0.2) is 0 Å². The Bertz CT molecular complexity index is 143. The van der Waals surface area contributed by atoms with Crippen LogP contribution in [0.2, 0.25) is 0 Å². The summed E-state index contributed by atoms with van der Waals surface area (Å²) in [5, 5.41) is 0. The molecule has 0 aromatic rings. The van der Waals surface area contributed by atoms with E-state index in [9.17, 15) is 4.21 Å². The minimum Gasteiger partial charge on any atom is -0.262 e. The number of hydrogen-bond acceptors (Lipinski definition) is 3. The summed E-state index contributed by atoms with van der Waals surface area (Å²) in [5.74, 6) is 0. The minimum atomic E-state index is -1.44. The quantitative estimate of drug-likeness (QED) is 0.531. The van der Waals surface area contributed by atoms with Crippen LogP contribution in [0.5, 0.6) is 0 Å². The van der Waals surface area contributed by atoms with E-state index >= 15 is 0 Å². The van der Waals surface area contributed by atoms with Crippen LogP contribution in [0.4, 0.5) is 0 Å². The molecule has 0 spiro atoms. The molecule has 1 saturated heterocycles. The van der Waals surface area contributed by atoms with Gasteiger partial charge >= 0.3 is 11.4 Å². The Labute approximate surface area is 62.6 Å². The van der Waals surface area contributed by atoms with Crippen LogP contribution in [0.1, 0.15) is 25.7 Å². The predicted octanol–water partition coefficient (Wildman–Crippen LogP) is 0.923. The first-order valence-corrected chi connectivity index (χ1v) is 4.62. The number of hydrogen-bond donors (Lipinski definition) is 0. The molecule has 0 N–H and O–H groups in total. The second kappa shape index (κ2) is 2.60. The van der Waals surface area contributed by atoms with E-state index in [1.54, 1.807) is 0 Å². The Hall–Kier alpha value is 0.0700. The van der Waals surface area contributed by atoms with Crippen LogP contribution in [0.25, 0.3) is 0 Å². The van der Waals surface area contributed by atoms with Crippen molar-refractivity contribution in [1.29, 1.82) is 0 Å². The number of rotatable bonds is 0. The molecule has 10 heavy (non-hydrogen) atoms. The van der Waals surface area contributed by atoms with Crippen LogP contribution in [0.3, 0.4) is 0 Å². The van der Waals surface area contributed by atoms with E-state index < -0.39 is 11.4 Å². The van der Waals surface area contributed by atoms with Crippen molar-refractivity contribution in [2.75, 3.05) is 0 Å². The van der Waals surface area contributed by atoms with Crippen molar-refractivity contribution in [2.45, 2.75) is 37.9 Å². The molecule has 0 unspecified atom stereocenters. The van der Waals surface area contributed by atoms with Crippen molar-refractivity contribution in [1.82, 2.24) is 0 Å². The molecule has 1 heterocycles. The van der Waals surface area contributed by atoms with Crippen molar-refractivity contribution >= 4 is 11.4 Å². The summed E-state index contributed by atoms with van der Waals surface area (Å²) < 4.78 is 20.7. The van der Waals surface area contributed by atoms with Crippen LogP contribution in [-0.4, -0.2) is 16.4 Å². The molecule has 58 valence electrons. The van der Waals surface area contributed by atoms with Gasteiger partial charge in [0.1, 0.15) is 12.2 Å². The fourth-order valence-electron chi connectivity index (χ4n) is 1.51. The summed E-state index contributed by atoms with van der Waals surface area (Å²) >= 11 is -1.44. The zero-order valence-electron chi connectivity index (χ0n) is 5.62. The molecule has 1 aliphatic carbocycles. The SMILES string of the molecule is O=S1O[C@H]2CCCC[C@@H]2O1. The lowest BCUT2D eigenvalue weighted by atomic mass is 9.95. The largest absolute Gasteiger partial charge is 0.305 e. The van der Waals surface area contributed by atoms with Gasteiger partial charge in [-0.05, 0) is 12.8 Å². The Morgan fingerprint density at radius 1 is 1.10 bits per heavy atom. The molecule has 0 amide bonds. The van der Waals surface area contributed by atoms with E-state index in [0.29, 0.717) is 0 Å². The van der Waals surface area contributed by atoms with E-state index in [4.69, 9.17) is 8.37 Å². The maximum Gasteiger partial charge on any atom is 0.305 e. The molecular weight excluding hydrogens is 152 g/mol. The van der Waals surface area contributed by atoms with Crippen molar-refractivity contribution in [3.63, 3.8) is 0 Å². The average molecular weight is 162 g/mol. The van der Waals surface area contributed by atoms with Crippen LogP contribution in [0.15, 0.2) is 0 Å². The summed E-state index contributed by atoms with van der Waals surface area (Å²) in [7, 11) is 0. The van der Waals surface area contributed by atoms with Gasteiger partial charge in [-0.2, -0.15) is 4.21 Å². The van der Waals surface area contributed by atoms with Crippen molar-refractivity contribution in [3.8, 4) is 0 Å². The van der Waals surface area contributed by atoms with E-state index in [2.05, 4.69) is 0 Å². The highest BCUT2D eigenvalue weighted by Gasteiger charge is 2.36. The third-order valence-corrected chi connectivity index (χ3v) is 2.85. The maximum atomic E-state index is 10.7. The second-order valence-corrected chi connectivity index (χ2v) is 3.55. The zero-order chi connectivity index (χ0) is 6.97. The monoisotopic (exact) mass is 162 g/mol. The number of fused-ring (bicyclic) bond motifs is 1. The molecule has 0 bridgehead atoms. The Morgan fingerprint density at radius 2 is 1.60 bits per heavy atom. The molecule has 4 heteroatoms. The van der Waals surface area contributed by atoms with E-state index in [-0.39, 0.29) is 12.2 Å². The first kappa shape index (κ1) is 6.76. The first-order valence-electron chi connectivity index (χ1n) is 3.62. The molecule has 2 rings (SSSR count). The van der Waals surface area contributed by atoms with E-state index in [1.807, 2.05) is 0 Å². The van der Waals surface area contributed by atoms with Crippen LogP contribution in [-0.2, 0) is 19.7 Å². The smallest absolute Gasteiger partial charge is 0.262 e. The molecular formula is C6H10O3S. The summed E-state index contributed by atoms with van der Waals surface area (Å²) in [6.07, 6.45) is 4.63. The lowest BCUT2D eigenvalue weighted by molar-refractivity contribution is 0.110. The van der Waals surface area contributed by atoms with Gasteiger partial charge in [0.2, 0.25) is 0 Å². The van der Waals surface area contributed by atoms with Crippen LogP contribution in [0, 0.1) is 0 Å². The second-order valence-electron chi connectivity index (χ2n) is 2.76. The minimum absolute atomic E-state index is 0.120. The topological polar surface area (TPSA) is 35.5 Å². The molecule has 0 aromatic heterocycles. The Kier molecular flexibility index (Phi) is 1.76. The average Bonchev–Trinajstić information content (AvgIpc) is 2.27. The fraction of sp³-hybridized carbons (Fsp3) is 1.00. The molecule has 3 nitrogen and oxygen atoms in total. The van der Waals surface area contributed by atoms with E-state index in [0.717, 1.165) is 12.8 Å². The molecule has 1 saturated carbocycles. The normalized spacial score (nSPS) is 41.6. The third kappa shape index (κ3) is 1.11. The van der Waals surface area contributed by atoms with Crippen LogP contribution < -0.4 is 0 Å². The fourth-order valence-corrected chi connectivity index (χ4v) is 2.40.